The van der Waals surface area contributed by atoms with Crippen LogP contribution in [0.3, 0.4) is 0 Å². The molecular weight excluding hydrogens is 183 g/mol. The molecule has 1 heterocycles. The zero-order valence-corrected chi connectivity index (χ0v) is 8.67. The lowest BCUT2D eigenvalue weighted by molar-refractivity contribution is -0.115. The van der Waals surface area contributed by atoms with Gasteiger partial charge in [0, 0.05) is 6.42 Å². The van der Waals surface area contributed by atoms with E-state index in [0.717, 1.165) is 0 Å². The van der Waals surface area contributed by atoms with Crippen molar-refractivity contribution in [1.29, 1.82) is 0 Å². The summed E-state index contributed by atoms with van der Waals surface area (Å²) in [7, 11) is 0. The highest BCUT2D eigenvalue weighted by atomic mass is 19.1. The van der Waals surface area contributed by atoms with Crippen molar-refractivity contribution in [3.63, 3.8) is 0 Å². The predicted molar refractivity (Wildman–Crippen MR) is 54.5 cm³/mol. The zero-order chi connectivity index (χ0) is 11.0. The van der Waals surface area contributed by atoms with E-state index in [1.165, 1.54) is 18.3 Å². The van der Waals surface area contributed by atoms with Gasteiger partial charge in [0.1, 0.15) is 0 Å². The summed E-state index contributed by atoms with van der Waals surface area (Å²) in [6.07, 6.45) is 1.68. The number of rotatable bonds is 2. The van der Waals surface area contributed by atoms with Gasteiger partial charge in [0.25, 0.3) is 0 Å². The van der Waals surface area contributed by atoms with Crippen molar-refractivity contribution in [1.82, 2.24) is 4.98 Å². The molecule has 1 aromatic heterocycles. The molecule has 0 saturated heterocycles. The van der Waals surface area contributed by atoms with Gasteiger partial charge in [-0.3, -0.25) is 4.79 Å². The van der Waals surface area contributed by atoms with Gasteiger partial charge in [0.2, 0.25) is 11.9 Å². The highest BCUT2D eigenvalue weighted by Gasteiger charge is 1.98. The molecule has 0 aromatic carbocycles. The number of nitrogens with zero attached hydrogens (tertiary/aromatic N) is 1. The third-order valence-corrected chi connectivity index (χ3v) is 1.33. The van der Waals surface area contributed by atoms with E-state index >= 15 is 0 Å². The van der Waals surface area contributed by atoms with Crippen molar-refractivity contribution >= 4 is 11.6 Å². The molecule has 78 valence electrons. The van der Waals surface area contributed by atoms with Gasteiger partial charge in [-0.1, -0.05) is 20.8 Å². The molecule has 0 aliphatic heterocycles. The number of hydrogen-bond acceptors (Lipinski definition) is 2. The second kappa shape index (κ2) is 7.00. The second-order valence-corrected chi connectivity index (χ2v) is 2.27. The summed E-state index contributed by atoms with van der Waals surface area (Å²) in [5.74, 6) is -0.659. The third kappa shape index (κ3) is 4.54. The van der Waals surface area contributed by atoms with Crippen LogP contribution in [0.4, 0.5) is 10.1 Å². The van der Waals surface area contributed by atoms with Crippen LogP contribution in [0.25, 0.3) is 0 Å². The van der Waals surface area contributed by atoms with E-state index in [4.69, 9.17) is 0 Å². The minimum Gasteiger partial charge on any atom is -0.325 e. The van der Waals surface area contributed by atoms with Crippen LogP contribution in [0.15, 0.2) is 18.3 Å². The number of anilines is 1. The lowest BCUT2D eigenvalue weighted by Gasteiger charge is -2.00. The first kappa shape index (κ1) is 12.6. The minimum absolute atomic E-state index is 0.108. The molecule has 0 unspecified atom stereocenters. The summed E-state index contributed by atoms with van der Waals surface area (Å²) in [6.45, 7) is 5.74. The van der Waals surface area contributed by atoms with E-state index in [2.05, 4.69) is 10.3 Å². The van der Waals surface area contributed by atoms with Crippen LogP contribution in [0, 0.1) is 5.95 Å². The van der Waals surface area contributed by atoms with Gasteiger partial charge in [-0.15, -0.1) is 0 Å². The number of carbonyl (C=O) groups excluding carboxylic acids is 1. The molecule has 0 spiro atoms. The number of aromatic nitrogens is 1. The average molecular weight is 198 g/mol. The molecule has 0 aliphatic carbocycles. The maximum absolute atomic E-state index is 12.3. The van der Waals surface area contributed by atoms with Crippen molar-refractivity contribution in [2.75, 3.05) is 5.32 Å². The normalized spacial score (nSPS) is 8.57. The van der Waals surface area contributed by atoms with Crippen LogP contribution in [0.1, 0.15) is 27.2 Å². The number of amides is 1. The molecular formula is C10H15FN2O. The van der Waals surface area contributed by atoms with Gasteiger partial charge in [-0.25, -0.2) is 4.98 Å². The molecule has 0 atom stereocenters. The third-order valence-electron chi connectivity index (χ3n) is 1.33. The van der Waals surface area contributed by atoms with Gasteiger partial charge >= 0.3 is 0 Å². The van der Waals surface area contributed by atoms with Gasteiger partial charge in [-0.2, -0.15) is 4.39 Å². The molecule has 3 nitrogen and oxygen atoms in total. The Bertz CT molecular complexity index is 272. The lowest BCUT2D eigenvalue weighted by Crippen LogP contribution is -2.09. The smallest absolute Gasteiger partial charge is 0.224 e. The fraction of sp³-hybridized carbons (Fsp3) is 0.400. The largest absolute Gasteiger partial charge is 0.325 e. The second-order valence-electron chi connectivity index (χ2n) is 2.27. The molecule has 1 aromatic rings. The fourth-order valence-corrected chi connectivity index (χ4v) is 0.699. The highest BCUT2D eigenvalue weighted by Crippen LogP contribution is 2.04. The molecule has 1 N–H and O–H groups in total. The molecule has 0 saturated carbocycles. The number of hydrogen-bond donors (Lipinski definition) is 1. The van der Waals surface area contributed by atoms with Crippen molar-refractivity contribution in [2.24, 2.45) is 0 Å². The molecule has 0 aliphatic rings. The summed E-state index contributed by atoms with van der Waals surface area (Å²) in [6, 6.07) is 2.67. The molecule has 4 heteroatoms. The first-order valence-electron chi connectivity index (χ1n) is 4.63. The maximum atomic E-state index is 12.3. The summed E-state index contributed by atoms with van der Waals surface area (Å²) >= 11 is 0. The maximum Gasteiger partial charge on any atom is 0.224 e. The van der Waals surface area contributed by atoms with Gasteiger partial charge < -0.3 is 5.32 Å². The SMILES string of the molecule is CC.CCC(=O)Nc1ccc(F)nc1. The molecule has 0 bridgehead atoms. The quantitative estimate of drug-likeness (QED) is 0.742. The van der Waals surface area contributed by atoms with Crippen LogP contribution in [-0.4, -0.2) is 10.9 Å². The Morgan fingerprint density at radius 2 is 2.14 bits per heavy atom. The average Bonchev–Trinajstić information content (AvgIpc) is 2.24. The Hall–Kier alpha value is -1.45. The van der Waals surface area contributed by atoms with E-state index in [9.17, 15) is 9.18 Å². The van der Waals surface area contributed by atoms with E-state index in [1.807, 2.05) is 13.8 Å². The number of nitrogens with one attached hydrogen (secondary N) is 1. The van der Waals surface area contributed by atoms with Crippen molar-refractivity contribution in [2.45, 2.75) is 27.2 Å². The van der Waals surface area contributed by atoms with E-state index in [1.54, 1.807) is 6.92 Å². The van der Waals surface area contributed by atoms with E-state index in [-0.39, 0.29) is 5.91 Å². The Balaban J connectivity index is 0.000000791. The number of carbonyl (C=O) groups is 1. The molecule has 14 heavy (non-hydrogen) atoms. The first-order valence-corrected chi connectivity index (χ1v) is 4.63. The standard InChI is InChI=1S/C8H9FN2O.C2H6/c1-2-8(12)11-6-3-4-7(9)10-5-6;1-2/h3-5H,2H2,1H3,(H,11,12);1-2H3. The number of pyridine rings is 1. The first-order chi connectivity index (χ1) is 6.72. The van der Waals surface area contributed by atoms with E-state index < -0.39 is 5.95 Å². The van der Waals surface area contributed by atoms with Gasteiger partial charge in [0.15, 0.2) is 0 Å². The van der Waals surface area contributed by atoms with Crippen LogP contribution in [0.5, 0.6) is 0 Å². The summed E-state index contributed by atoms with van der Waals surface area (Å²) in [5, 5.41) is 2.55. The van der Waals surface area contributed by atoms with Crippen LogP contribution in [-0.2, 0) is 4.79 Å². The zero-order valence-electron chi connectivity index (χ0n) is 8.67. The van der Waals surface area contributed by atoms with Gasteiger partial charge in [-0.05, 0) is 12.1 Å². The lowest BCUT2D eigenvalue weighted by atomic mass is 10.4. The molecule has 1 amide bonds. The van der Waals surface area contributed by atoms with Crippen molar-refractivity contribution in [3.05, 3.63) is 24.3 Å². The van der Waals surface area contributed by atoms with E-state index in [0.29, 0.717) is 12.1 Å². The predicted octanol–water partition coefficient (Wildman–Crippen LogP) is 2.60. The Morgan fingerprint density at radius 3 is 2.57 bits per heavy atom. The highest BCUT2D eigenvalue weighted by molar-refractivity contribution is 5.90. The minimum atomic E-state index is -0.551. The summed E-state index contributed by atoms with van der Waals surface area (Å²) in [5.41, 5.74) is 0.517. The van der Waals surface area contributed by atoms with Crippen LogP contribution in [0.2, 0.25) is 0 Å². The Labute approximate surface area is 83.4 Å². The Kier molecular flexibility index (Phi) is 6.28. The molecule has 0 radical (unpaired) electrons. The van der Waals surface area contributed by atoms with Crippen molar-refractivity contribution < 1.29 is 9.18 Å². The number of halogens is 1. The fourth-order valence-electron chi connectivity index (χ4n) is 0.699. The van der Waals surface area contributed by atoms with Crippen molar-refractivity contribution in [3.8, 4) is 0 Å². The van der Waals surface area contributed by atoms with Crippen LogP contribution >= 0.6 is 0 Å². The summed E-state index contributed by atoms with van der Waals surface area (Å²) in [4.78, 5) is 14.2. The molecule has 0 fully saturated rings. The monoisotopic (exact) mass is 198 g/mol. The molecule has 1 rings (SSSR count). The Morgan fingerprint density at radius 1 is 1.50 bits per heavy atom. The van der Waals surface area contributed by atoms with Gasteiger partial charge in [0.05, 0.1) is 11.9 Å². The summed E-state index contributed by atoms with van der Waals surface area (Å²) < 4.78 is 12.3. The topological polar surface area (TPSA) is 42.0 Å². The van der Waals surface area contributed by atoms with Crippen LogP contribution < -0.4 is 5.32 Å².